The van der Waals surface area contributed by atoms with Crippen molar-refractivity contribution < 1.29 is 9.53 Å². The zero-order valence-electron chi connectivity index (χ0n) is 14.8. The van der Waals surface area contributed by atoms with Gasteiger partial charge in [0.1, 0.15) is 11.6 Å². The lowest BCUT2D eigenvalue weighted by Gasteiger charge is -2.20. The number of aromatic nitrogens is 1. The highest BCUT2D eigenvalue weighted by Crippen LogP contribution is 2.28. The number of rotatable bonds is 5. The standard InChI is InChI=1S/C20H25N3O2/c1-14-8-10-18(25-2)17(12-14)23-19-11-9-16(13-21-19)22-20(24)15-6-4-3-5-7-15/h8-13,15H,3-7H2,1-2H3,(H,21,23)(H,22,24). The quantitative estimate of drug-likeness (QED) is 0.831. The molecular weight excluding hydrogens is 314 g/mol. The topological polar surface area (TPSA) is 63.2 Å². The first-order valence-electron chi connectivity index (χ1n) is 8.84. The number of aryl methyl sites for hydroxylation is 1. The van der Waals surface area contributed by atoms with Crippen molar-refractivity contribution in [2.75, 3.05) is 17.7 Å². The smallest absolute Gasteiger partial charge is 0.227 e. The van der Waals surface area contributed by atoms with Crippen LogP contribution in [0.25, 0.3) is 0 Å². The third-order valence-corrected chi connectivity index (χ3v) is 4.62. The molecule has 0 atom stereocenters. The third-order valence-electron chi connectivity index (χ3n) is 4.62. The first-order valence-corrected chi connectivity index (χ1v) is 8.84. The molecule has 5 heteroatoms. The fourth-order valence-corrected chi connectivity index (χ4v) is 3.21. The Hall–Kier alpha value is -2.56. The third kappa shape index (κ3) is 4.50. The lowest BCUT2D eigenvalue weighted by atomic mass is 9.88. The van der Waals surface area contributed by atoms with E-state index in [0.717, 1.165) is 48.4 Å². The van der Waals surface area contributed by atoms with Crippen molar-refractivity contribution in [3.05, 3.63) is 42.1 Å². The number of carbonyl (C=O) groups excluding carboxylic acids is 1. The Bertz CT molecular complexity index is 722. The van der Waals surface area contributed by atoms with Crippen molar-refractivity contribution in [3.63, 3.8) is 0 Å². The number of anilines is 3. The van der Waals surface area contributed by atoms with Gasteiger partial charge in [0.2, 0.25) is 5.91 Å². The number of hydrogen-bond donors (Lipinski definition) is 2. The van der Waals surface area contributed by atoms with Crippen LogP contribution in [0.4, 0.5) is 17.2 Å². The number of amides is 1. The summed E-state index contributed by atoms with van der Waals surface area (Å²) in [7, 11) is 1.65. The summed E-state index contributed by atoms with van der Waals surface area (Å²) in [5.41, 5.74) is 2.74. The van der Waals surface area contributed by atoms with Gasteiger partial charge in [0, 0.05) is 5.92 Å². The van der Waals surface area contributed by atoms with E-state index in [1.54, 1.807) is 13.3 Å². The zero-order valence-corrected chi connectivity index (χ0v) is 14.8. The average Bonchev–Trinajstić information content (AvgIpc) is 2.64. The lowest BCUT2D eigenvalue weighted by Crippen LogP contribution is -2.24. The Balaban J connectivity index is 1.64. The molecule has 1 amide bonds. The van der Waals surface area contributed by atoms with E-state index in [1.807, 2.05) is 37.3 Å². The number of hydrogen-bond acceptors (Lipinski definition) is 4. The molecule has 2 aromatic rings. The fraction of sp³-hybridized carbons (Fsp3) is 0.400. The van der Waals surface area contributed by atoms with Gasteiger partial charge in [-0.2, -0.15) is 0 Å². The normalized spacial score (nSPS) is 14.8. The van der Waals surface area contributed by atoms with Gasteiger partial charge in [-0.3, -0.25) is 4.79 Å². The summed E-state index contributed by atoms with van der Waals surface area (Å²) in [5.74, 6) is 1.73. The van der Waals surface area contributed by atoms with Crippen LogP contribution in [0.3, 0.4) is 0 Å². The fourth-order valence-electron chi connectivity index (χ4n) is 3.21. The molecule has 1 aliphatic carbocycles. The predicted octanol–water partition coefficient (Wildman–Crippen LogP) is 4.66. The molecule has 25 heavy (non-hydrogen) atoms. The SMILES string of the molecule is COc1ccc(C)cc1Nc1ccc(NC(=O)C2CCCCC2)cn1. The van der Waals surface area contributed by atoms with Crippen LogP contribution in [0, 0.1) is 12.8 Å². The van der Waals surface area contributed by atoms with E-state index in [1.165, 1.54) is 6.42 Å². The van der Waals surface area contributed by atoms with Crippen LogP contribution in [0.2, 0.25) is 0 Å². The average molecular weight is 339 g/mol. The van der Waals surface area contributed by atoms with E-state index in [9.17, 15) is 4.79 Å². The van der Waals surface area contributed by atoms with E-state index < -0.39 is 0 Å². The molecule has 132 valence electrons. The largest absolute Gasteiger partial charge is 0.495 e. The number of nitrogens with one attached hydrogen (secondary N) is 2. The van der Waals surface area contributed by atoms with E-state index >= 15 is 0 Å². The summed E-state index contributed by atoms with van der Waals surface area (Å²) in [4.78, 5) is 16.7. The number of benzene rings is 1. The van der Waals surface area contributed by atoms with E-state index in [0.29, 0.717) is 5.82 Å². The Morgan fingerprint density at radius 2 is 1.96 bits per heavy atom. The molecule has 1 aliphatic rings. The van der Waals surface area contributed by atoms with Crippen LogP contribution >= 0.6 is 0 Å². The Kier molecular flexibility index (Phi) is 5.53. The first kappa shape index (κ1) is 17.3. The van der Waals surface area contributed by atoms with Crippen LogP contribution in [0.5, 0.6) is 5.75 Å². The molecular formula is C20H25N3O2. The molecule has 1 heterocycles. The van der Waals surface area contributed by atoms with Crippen molar-refractivity contribution in [1.82, 2.24) is 4.98 Å². The number of ether oxygens (including phenoxy) is 1. The lowest BCUT2D eigenvalue weighted by molar-refractivity contribution is -0.120. The Morgan fingerprint density at radius 3 is 2.64 bits per heavy atom. The second-order valence-corrected chi connectivity index (χ2v) is 6.59. The molecule has 3 rings (SSSR count). The van der Waals surface area contributed by atoms with Crippen molar-refractivity contribution in [1.29, 1.82) is 0 Å². The monoisotopic (exact) mass is 339 g/mol. The summed E-state index contributed by atoms with van der Waals surface area (Å²) in [6, 6.07) is 9.67. The van der Waals surface area contributed by atoms with Gasteiger partial charge in [-0.25, -0.2) is 4.98 Å². The number of carbonyl (C=O) groups is 1. The molecule has 0 unspecified atom stereocenters. The van der Waals surface area contributed by atoms with Crippen molar-refractivity contribution >= 4 is 23.1 Å². The highest BCUT2D eigenvalue weighted by atomic mass is 16.5. The molecule has 1 saturated carbocycles. The van der Waals surface area contributed by atoms with Gasteiger partial charge in [0.15, 0.2) is 0 Å². The van der Waals surface area contributed by atoms with Crippen molar-refractivity contribution in [2.45, 2.75) is 39.0 Å². The second kappa shape index (κ2) is 8.01. The minimum absolute atomic E-state index is 0.113. The van der Waals surface area contributed by atoms with E-state index in [4.69, 9.17) is 4.74 Å². The zero-order chi connectivity index (χ0) is 17.6. The molecule has 2 N–H and O–H groups in total. The number of nitrogens with zero attached hydrogens (tertiary/aromatic N) is 1. The molecule has 5 nitrogen and oxygen atoms in total. The molecule has 0 radical (unpaired) electrons. The maximum Gasteiger partial charge on any atom is 0.227 e. The maximum atomic E-state index is 12.3. The van der Waals surface area contributed by atoms with Crippen LogP contribution in [-0.2, 0) is 4.79 Å². The summed E-state index contributed by atoms with van der Waals surface area (Å²) >= 11 is 0. The Labute approximate surface area is 148 Å². The maximum absolute atomic E-state index is 12.3. The molecule has 1 aromatic heterocycles. The van der Waals surface area contributed by atoms with E-state index in [-0.39, 0.29) is 11.8 Å². The van der Waals surface area contributed by atoms with Crippen molar-refractivity contribution in [3.8, 4) is 5.75 Å². The summed E-state index contributed by atoms with van der Waals surface area (Å²) in [6.45, 7) is 2.03. The highest BCUT2D eigenvalue weighted by Gasteiger charge is 2.21. The summed E-state index contributed by atoms with van der Waals surface area (Å²) in [5, 5.41) is 6.24. The van der Waals surface area contributed by atoms with Gasteiger partial charge in [-0.1, -0.05) is 25.3 Å². The van der Waals surface area contributed by atoms with Gasteiger partial charge in [0.05, 0.1) is 24.7 Å². The molecule has 0 aliphatic heterocycles. The van der Waals surface area contributed by atoms with E-state index in [2.05, 4.69) is 15.6 Å². The minimum Gasteiger partial charge on any atom is -0.495 e. The van der Waals surface area contributed by atoms with Crippen molar-refractivity contribution in [2.24, 2.45) is 5.92 Å². The predicted molar refractivity (Wildman–Crippen MR) is 100 cm³/mol. The second-order valence-electron chi connectivity index (χ2n) is 6.59. The van der Waals surface area contributed by atoms with Gasteiger partial charge in [-0.05, 0) is 49.6 Å². The molecule has 0 saturated heterocycles. The molecule has 0 spiro atoms. The molecule has 1 fully saturated rings. The molecule has 0 bridgehead atoms. The first-order chi connectivity index (χ1) is 12.2. The summed E-state index contributed by atoms with van der Waals surface area (Å²) in [6.07, 6.45) is 7.21. The minimum atomic E-state index is 0.113. The van der Waals surface area contributed by atoms with Crippen LogP contribution in [0.15, 0.2) is 36.5 Å². The number of methoxy groups -OCH3 is 1. The molecule has 1 aromatic carbocycles. The van der Waals surface area contributed by atoms with Gasteiger partial charge >= 0.3 is 0 Å². The van der Waals surface area contributed by atoms with Crippen LogP contribution < -0.4 is 15.4 Å². The van der Waals surface area contributed by atoms with Gasteiger partial charge in [-0.15, -0.1) is 0 Å². The Morgan fingerprint density at radius 1 is 1.16 bits per heavy atom. The number of pyridine rings is 1. The highest BCUT2D eigenvalue weighted by molar-refractivity contribution is 5.92. The van der Waals surface area contributed by atoms with Gasteiger partial charge in [0.25, 0.3) is 0 Å². The van der Waals surface area contributed by atoms with Crippen LogP contribution in [0.1, 0.15) is 37.7 Å². The van der Waals surface area contributed by atoms with Gasteiger partial charge < -0.3 is 15.4 Å². The summed E-state index contributed by atoms with van der Waals surface area (Å²) < 4.78 is 5.37. The van der Waals surface area contributed by atoms with Crippen LogP contribution in [-0.4, -0.2) is 18.0 Å².